The molecule has 0 atom stereocenters. The van der Waals surface area contributed by atoms with E-state index in [-0.39, 0.29) is 22.9 Å². The third-order valence-corrected chi connectivity index (χ3v) is 3.73. The fraction of sp³-hybridized carbons (Fsp3) is 0.0769. The minimum Gasteiger partial charge on any atom is -0.508 e. The molecule has 1 N–H and O–H groups in total. The Balaban J connectivity index is 2.23. The molecule has 0 aliphatic rings. The second kappa shape index (κ2) is 6.23. The van der Waals surface area contributed by atoms with E-state index in [0.29, 0.717) is 5.56 Å². The molecular weight excluding hydrogens is 296 g/mol. The zero-order valence-corrected chi connectivity index (χ0v) is 11.4. The van der Waals surface area contributed by atoms with E-state index >= 15 is 0 Å². The lowest BCUT2D eigenvalue weighted by Gasteiger charge is -2.04. The van der Waals surface area contributed by atoms with Crippen LogP contribution in [0.15, 0.2) is 47.4 Å². The molecule has 0 fully saturated rings. The number of nitro groups is 2. The van der Waals surface area contributed by atoms with Crippen LogP contribution in [-0.2, 0) is 5.75 Å². The van der Waals surface area contributed by atoms with Crippen LogP contribution in [-0.4, -0.2) is 15.0 Å². The number of nitrogens with zero attached hydrogens (tertiary/aromatic N) is 2. The minimum atomic E-state index is -0.668. The normalized spacial score (nSPS) is 10.3. The Morgan fingerprint density at radius 3 is 2.43 bits per heavy atom. The van der Waals surface area contributed by atoms with Crippen molar-refractivity contribution >= 4 is 23.1 Å². The van der Waals surface area contributed by atoms with Crippen LogP contribution in [0, 0.1) is 20.2 Å². The van der Waals surface area contributed by atoms with Crippen molar-refractivity contribution in [2.45, 2.75) is 10.6 Å². The van der Waals surface area contributed by atoms with E-state index in [1.165, 1.54) is 30.0 Å². The first-order valence-corrected chi connectivity index (χ1v) is 6.79. The van der Waals surface area contributed by atoms with Gasteiger partial charge in [-0.05, 0) is 24.3 Å². The summed E-state index contributed by atoms with van der Waals surface area (Å²) in [5, 5.41) is 31.0. The molecular formula is C13H10N2O5S. The van der Waals surface area contributed by atoms with Gasteiger partial charge in [0.1, 0.15) is 5.75 Å². The van der Waals surface area contributed by atoms with E-state index in [2.05, 4.69) is 0 Å². The molecule has 7 nitrogen and oxygen atoms in total. The summed E-state index contributed by atoms with van der Waals surface area (Å²) in [5.41, 5.74) is -0.205. The van der Waals surface area contributed by atoms with Crippen molar-refractivity contribution in [3.8, 4) is 5.75 Å². The average Bonchev–Trinajstić information content (AvgIpc) is 2.44. The zero-order chi connectivity index (χ0) is 15.4. The summed E-state index contributed by atoms with van der Waals surface area (Å²) in [6.45, 7) is 0. The van der Waals surface area contributed by atoms with Gasteiger partial charge in [-0.15, -0.1) is 11.8 Å². The van der Waals surface area contributed by atoms with Gasteiger partial charge < -0.3 is 5.11 Å². The molecule has 0 aliphatic heterocycles. The lowest BCUT2D eigenvalue weighted by molar-refractivity contribution is -0.394. The molecule has 0 spiro atoms. The van der Waals surface area contributed by atoms with Gasteiger partial charge in [0.05, 0.1) is 15.9 Å². The molecule has 2 rings (SSSR count). The number of rotatable bonds is 5. The van der Waals surface area contributed by atoms with Crippen LogP contribution in [0.3, 0.4) is 0 Å². The summed E-state index contributed by atoms with van der Waals surface area (Å²) >= 11 is 1.30. The maximum absolute atomic E-state index is 11.0. The van der Waals surface area contributed by atoms with Crippen molar-refractivity contribution in [1.29, 1.82) is 0 Å². The van der Waals surface area contributed by atoms with Crippen LogP contribution in [0.1, 0.15) is 5.56 Å². The summed E-state index contributed by atoms with van der Waals surface area (Å²) in [6, 6.07) is 10.1. The van der Waals surface area contributed by atoms with Gasteiger partial charge in [-0.25, -0.2) is 0 Å². The molecule has 0 heterocycles. The van der Waals surface area contributed by atoms with Gasteiger partial charge in [0.2, 0.25) is 0 Å². The Hall–Kier alpha value is -2.61. The summed E-state index contributed by atoms with van der Waals surface area (Å²) in [5.74, 6) is 0.385. The monoisotopic (exact) mass is 306 g/mol. The molecule has 0 bridgehead atoms. The van der Waals surface area contributed by atoms with Gasteiger partial charge in [0.25, 0.3) is 11.4 Å². The van der Waals surface area contributed by atoms with Crippen LogP contribution >= 0.6 is 11.8 Å². The first-order valence-electron chi connectivity index (χ1n) is 5.81. The molecule has 0 radical (unpaired) electrons. The van der Waals surface area contributed by atoms with Crippen molar-refractivity contribution in [2.24, 2.45) is 0 Å². The van der Waals surface area contributed by atoms with E-state index in [9.17, 15) is 25.3 Å². The van der Waals surface area contributed by atoms with Crippen molar-refractivity contribution in [3.05, 3.63) is 68.3 Å². The van der Waals surface area contributed by atoms with Crippen LogP contribution in [0.5, 0.6) is 5.75 Å². The third kappa shape index (κ3) is 3.69. The van der Waals surface area contributed by atoms with E-state index in [1.807, 2.05) is 0 Å². The molecule has 21 heavy (non-hydrogen) atoms. The lowest BCUT2D eigenvalue weighted by atomic mass is 10.2. The molecule has 0 unspecified atom stereocenters. The molecule has 0 amide bonds. The van der Waals surface area contributed by atoms with E-state index in [1.54, 1.807) is 18.2 Å². The predicted molar refractivity (Wildman–Crippen MR) is 77.4 cm³/mol. The van der Waals surface area contributed by atoms with Crippen LogP contribution in [0.25, 0.3) is 0 Å². The molecule has 108 valence electrons. The number of hydrogen-bond donors (Lipinski definition) is 1. The number of nitro benzene ring substituents is 2. The fourth-order valence-electron chi connectivity index (χ4n) is 1.69. The van der Waals surface area contributed by atoms with Crippen LogP contribution in [0.2, 0.25) is 0 Å². The Labute approximate surface area is 123 Å². The number of phenolic OH excluding ortho intramolecular Hbond substituents is 1. The Bertz CT molecular complexity index is 705. The number of phenols is 1. The van der Waals surface area contributed by atoms with Crippen LogP contribution in [0.4, 0.5) is 11.4 Å². The largest absolute Gasteiger partial charge is 0.508 e. The molecule has 0 saturated carbocycles. The summed E-state index contributed by atoms with van der Waals surface area (Å²) in [4.78, 5) is 21.1. The standard InChI is InChI=1S/C13H10N2O5S/c16-11-2-1-3-12(7-11)21-8-9-4-5-10(14(17)18)6-13(9)15(19)20/h1-7,16H,8H2. The summed E-state index contributed by atoms with van der Waals surface area (Å²) < 4.78 is 0. The topological polar surface area (TPSA) is 107 Å². The highest BCUT2D eigenvalue weighted by molar-refractivity contribution is 7.98. The molecule has 2 aromatic carbocycles. The first kappa shape index (κ1) is 14.8. The Morgan fingerprint density at radius 2 is 1.81 bits per heavy atom. The molecule has 2 aromatic rings. The van der Waals surface area contributed by atoms with Gasteiger partial charge in [0.15, 0.2) is 0 Å². The molecule has 0 aromatic heterocycles. The highest BCUT2D eigenvalue weighted by Gasteiger charge is 2.19. The highest BCUT2D eigenvalue weighted by atomic mass is 32.2. The lowest BCUT2D eigenvalue weighted by Crippen LogP contribution is -1.97. The van der Waals surface area contributed by atoms with E-state index < -0.39 is 9.85 Å². The van der Waals surface area contributed by atoms with E-state index in [0.717, 1.165) is 11.0 Å². The van der Waals surface area contributed by atoms with Gasteiger partial charge in [-0.3, -0.25) is 20.2 Å². The summed E-state index contributed by atoms with van der Waals surface area (Å²) in [6.07, 6.45) is 0. The fourth-order valence-corrected chi connectivity index (χ4v) is 2.64. The first-order chi connectivity index (χ1) is 9.97. The van der Waals surface area contributed by atoms with Crippen molar-refractivity contribution in [1.82, 2.24) is 0 Å². The van der Waals surface area contributed by atoms with Gasteiger partial charge >= 0.3 is 0 Å². The average molecular weight is 306 g/mol. The highest BCUT2D eigenvalue weighted by Crippen LogP contribution is 2.31. The second-order valence-electron chi connectivity index (χ2n) is 4.11. The second-order valence-corrected chi connectivity index (χ2v) is 5.16. The molecule has 8 heteroatoms. The van der Waals surface area contributed by atoms with Crippen molar-refractivity contribution < 1.29 is 15.0 Å². The SMILES string of the molecule is O=[N+]([O-])c1ccc(CSc2cccc(O)c2)c([N+](=O)[O-])c1. The number of hydrogen-bond acceptors (Lipinski definition) is 6. The summed E-state index contributed by atoms with van der Waals surface area (Å²) in [7, 11) is 0. The third-order valence-electron chi connectivity index (χ3n) is 2.69. The number of benzene rings is 2. The maximum atomic E-state index is 11.0. The van der Waals surface area contributed by atoms with Gasteiger partial charge in [-0.2, -0.15) is 0 Å². The number of aromatic hydroxyl groups is 1. The number of non-ortho nitro benzene ring substituents is 1. The minimum absolute atomic E-state index is 0.109. The van der Waals surface area contributed by atoms with Crippen molar-refractivity contribution in [2.75, 3.05) is 0 Å². The van der Waals surface area contributed by atoms with Crippen molar-refractivity contribution in [3.63, 3.8) is 0 Å². The van der Waals surface area contributed by atoms with E-state index in [4.69, 9.17) is 0 Å². The van der Waals surface area contributed by atoms with Crippen LogP contribution < -0.4 is 0 Å². The zero-order valence-electron chi connectivity index (χ0n) is 10.6. The Kier molecular flexibility index (Phi) is 4.39. The predicted octanol–water partition coefficient (Wildman–Crippen LogP) is 3.50. The quantitative estimate of drug-likeness (QED) is 0.514. The number of thioether (sulfide) groups is 1. The van der Waals surface area contributed by atoms with Gasteiger partial charge in [0, 0.05) is 22.3 Å². The van der Waals surface area contributed by atoms with Gasteiger partial charge in [-0.1, -0.05) is 6.07 Å². The smallest absolute Gasteiger partial charge is 0.280 e. The maximum Gasteiger partial charge on any atom is 0.280 e. The molecule has 0 aliphatic carbocycles. The molecule has 0 saturated heterocycles. The Morgan fingerprint density at radius 1 is 1.05 bits per heavy atom.